The molecule has 2 rings (SSSR count). The molecule has 2 heterocycles. The Balaban J connectivity index is 2.38. The predicted molar refractivity (Wildman–Crippen MR) is 57.0 cm³/mol. The maximum Gasteiger partial charge on any atom is 0.109 e. The van der Waals surface area contributed by atoms with Gasteiger partial charge in [-0.15, -0.1) is 6.42 Å². The number of fused-ring (bicyclic) bond motifs is 1. The summed E-state index contributed by atoms with van der Waals surface area (Å²) in [6.07, 6.45) is 11.2. The molecule has 0 N–H and O–H groups in total. The van der Waals surface area contributed by atoms with E-state index in [-0.39, 0.29) is 5.41 Å². The number of hydrogen-bond donors (Lipinski definition) is 0. The van der Waals surface area contributed by atoms with Crippen LogP contribution in [0.3, 0.4) is 0 Å². The van der Waals surface area contributed by atoms with Crippen molar-refractivity contribution in [3.05, 3.63) is 17.7 Å². The quantitative estimate of drug-likeness (QED) is 0.617. The van der Waals surface area contributed by atoms with Gasteiger partial charge in [-0.25, -0.2) is 4.98 Å². The van der Waals surface area contributed by atoms with Gasteiger partial charge in [0.2, 0.25) is 0 Å². The highest BCUT2D eigenvalue weighted by atomic mass is 15.1. The molecule has 0 bridgehead atoms. The van der Waals surface area contributed by atoms with Gasteiger partial charge in [0.25, 0.3) is 0 Å². The number of aromatic nitrogens is 2. The second-order valence-electron chi connectivity index (χ2n) is 4.46. The van der Waals surface area contributed by atoms with Crippen LogP contribution in [0.5, 0.6) is 0 Å². The molecule has 0 fully saturated rings. The molecule has 0 spiro atoms. The molecular formula is C12H16N2. The molecule has 1 aromatic heterocycles. The Kier molecular flexibility index (Phi) is 2.11. The summed E-state index contributed by atoms with van der Waals surface area (Å²) in [6, 6.07) is 0. The Labute approximate surface area is 85.3 Å². The summed E-state index contributed by atoms with van der Waals surface area (Å²) in [6.45, 7) is 5.19. The molecule has 1 aliphatic heterocycles. The first-order chi connectivity index (χ1) is 6.63. The Morgan fingerprint density at radius 2 is 2.29 bits per heavy atom. The molecule has 0 radical (unpaired) electrons. The van der Waals surface area contributed by atoms with Crippen LogP contribution in [0.1, 0.15) is 38.2 Å². The smallest absolute Gasteiger partial charge is 0.109 e. The molecule has 2 nitrogen and oxygen atoms in total. The van der Waals surface area contributed by atoms with Crippen LogP contribution in [0, 0.1) is 12.3 Å². The highest BCUT2D eigenvalue weighted by Crippen LogP contribution is 2.23. The van der Waals surface area contributed by atoms with Crippen LogP contribution in [0.2, 0.25) is 0 Å². The van der Waals surface area contributed by atoms with Gasteiger partial charge in [-0.2, -0.15) is 0 Å². The van der Waals surface area contributed by atoms with Gasteiger partial charge in [-0.1, -0.05) is 5.92 Å². The van der Waals surface area contributed by atoms with Crippen molar-refractivity contribution < 1.29 is 0 Å². The molecule has 2 heteroatoms. The highest BCUT2D eigenvalue weighted by Gasteiger charge is 2.23. The fraction of sp³-hybridized carbons (Fsp3) is 0.583. The lowest BCUT2D eigenvalue weighted by Crippen LogP contribution is -2.14. The minimum absolute atomic E-state index is 0.232. The van der Waals surface area contributed by atoms with E-state index >= 15 is 0 Å². The maximum atomic E-state index is 5.50. The zero-order chi connectivity index (χ0) is 10.2. The van der Waals surface area contributed by atoms with Crippen LogP contribution in [0.4, 0.5) is 0 Å². The Hall–Kier alpha value is -1.23. The van der Waals surface area contributed by atoms with Crippen molar-refractivity contribution >= 4 is 0 Å². The zero-order valence-corrected chi connectivity index (χ0v) is 8.88. The van der Waals surface area contributed by atoms with E-state index in [0.717, 1.165) is 18.7 Å². The lowest BCUT2D eigenvalue weighted by atomic mass is 9.91. The van der Waals surface area contributed by atoms with Crippen LogP contribution in [0.25, 0.3) is 0 Å². The Morgan fingerprint density at radius 1 is 1.50 bits per heavy atom. The molecule has 14 heavy (non-hydrogen) atoms. The Morgan fingerprint density at radius 3 is 2.93 bits per heavy atom. The van der Waals surface area contributed by atoms with Crippen molar-refractivity contribution in [3.8, 4) is 12.3 Å². The van der Waals surface area contributed by atoms with E-state index in [0.29, 0.717) is 0 Å². The summed E-state index contributed by atoms with van der Waals surface area (Å²) >= 11 is 0. The molecule has 0 atom stereocenters. The standard InChI is InChI=1S/C12H16N2/c1-4-12(2,3)10-9-14-8-6-5-7-11(14)13-10/h1,9H,5-8H2,2-3H3. The summed E-state index contributed by atoms with van der Waals surface area (Å²) < 4.78 is 2.25. The number of nitrogens with zero attached hydrogens (tertiary/aromatic N) is 2. The molecule has 1 aliphatic rings. The van der Waals surface area contributed by atoms with Crippen molar-refractivity contribution in [1.29, 1.82) is 0 Å². The van der Waals surface area contributed by atoms with Crippen molar-refractivity contribution in [2.75, 3.05) is 0 Å². The van der Waals surface area contributed by atoms with E-state index in [9.17, 15) is 0 Å². The van der Waals surface area contributed by atoms with E-state index in [4.69, 9.17) is 6.42 Å². The molecule has 0 saturated heterocycles. The van der Waals surface area contributed by atoms with Crippen molar-refractivity contribution in [2.45, 2.75) is 45.1 Å². The van der Waals surface area contributed by atoms with Crippen molar-refractivity contribution in [1.82, 2.24) is 9.55 Å². The first-order valence-corrected chi connectivity index (χ1v) is 5.18. The van der Waals surface area contributed by atoms with Crippen LogP contribution in [-0.4, -0.2) is 9.55 Å². The predicted octanol–water partition coefficient (Wildman–Crippen LogP) is 2.13. The van der Waals surface area contributed by atoms with Gasteiger partial charge in [0, 0.05) is 19.2 Å². The first-order valence-electron chi connectivity index (χ1n) is 5.18. The van der Waals surface area contributed by atoms with E-state index in [1.807, 2.05) is 13.8 Å². The van der Waals surface area contributed by atoms with Crippen LogP contribution in [0.15, 0.2) is 6.20 Å². The second kappa shape index (κ2) is 3.16. The van der Waals surface area contributed by atoms with Crippen LogP contribution < -0.4 is 0 Å². The SMILES string of the molecule is C#CC(C)(C)c1cn2c(n1)CCCC2. The fourth-order valence-electron chi connectivity index (χ4n) is 1.79. The summed E-state index contributed by atoms with van der Waals surface area (Å²) in [5.41, 5.74) is 0.807. The van der Waals surface area contributed by atoms with Gasteiger partial charge in [0.1, 0.15) is 5.82 Å². The Bertz CT molecular complexity index is 356. The lowest BCUT2D eigenvalue weighted by molar-refractivity contribution is 0.522. The van der Waals surface area contributed by atoms with Gasteiger partial charge >= 0.3 is 0 Å². The fourth-order valence-corrected chi connectivity index (χ4v) is 1.79. The molecule has 0 aliphatic carbocycles. The minimum atomic E-state index is -0.232. The van der Waals surface area contributed by atoms with Crippen LogP contribution in [-0.2, 0) is 18.4 Å². The number of hydrogen-bond acceptors (Lipinski definition) is 1. The molecule has 0 saturated carbocycles. The van der Waals surface area contributed by atoms with Crippen molar-refractivity contribution in [3.63, 3.8) is 0 Å². The van der Waals surface area contributed by atoms with Crippen molar-refractivity contribution in [2.24, 2.45) is 0 Å². The normalized spacial score (nSPS) is 16.1. The van der Waals surface area contributed by atoms with Gasteiger partial charge in [-0.3, -0.25) is 0 Å². The van der Waals surface area contributed by atoms with Gasteiger partial charge < -0.3 is 4.57 Å². The average molecular weight is 188 g/mol. The lowest BCUT2D eigenvalue weighted by Gasteiger charge is -2.13. The molecule has 0 aromatic carbocycles. The van der Waals surface area contributed by atoms with Crippen LogP contribution >= 0.6 is 0 Å². The van der Waals surface area contributed by atoms with Gasteiger partial charge in [0.05, 0.1) is 11.1 Å². The highest BCUT2D eigenvalue weighted by molar-refractivity contribution is 5.25. The minimum Gasteiger partial charge on any atom is -0.335 e. The molecule has 1 aromatic rings. The third-order valence-electron chi connectivity index (χ3n) is 2.91. The molecular weight excluding hydrogens is 172 g/mol. The second-order valence-corrected chi connectivity index (χ2v) is 4.46. The third-order valence-corrected chi connectivity index (χ3v) is 2.91. The maximum absolute atomic E-state index is 5.50. The summed E-state index contributed by atoms with van der Waals surface area (Å²) in [7, 11) is 0. The summed E-state index contributed by atoms with van der Waals surface area (Å²) in [5.74, 6) is 3.99. The number of terminal acetylenes is 1. The topological polar surface area (TPSA) is 17.8 Å². The average Bonchev–Trinajstić information content (AvgIpc) is 2.61. The monoisotopic (exact) mass is 188 g/mol. The van der Waals surface area contributed by atoms with E-state index in [1.165, 1.54) is 18.7 Å². The van der Waals surface area contributed by atoms with E-state index < -0.39 is 0 Å². The number of aryl methyl sites for hydroxylation is 2. The molecule has 0 amide bonds. The number of imidazole rings is 1. The first kappa shape index (κ1) is 9.33. The van der Waals surface area contributed by atoms with E-state index in [1.54, 1.807) is 0 Å². The number of rotatable bonds is 1. The third kappa shape index (κ3) is 1.43. The molecule has 0 unspecified atom stereocenters. The van der Waals surface area contributed by atoms with E-state index in [2.05, 4.69) is 21.7 Å². The molecule has 74 valence electrons. The largest absolute Gasteiger partial charge is 0.335 e. The van der Waals surface area contributed by atoms with Gasteiger partial charge in [0.15, 0.2) is 0 Å². The summed E-state index contributed by atoms with van der Waals surface area (Å²) in [4.78, 5) is 4.61. The van der Waals surface area contributed by atoms with Gasteiger partial charge in [-0.05, 0) is 26.7 Å². The summed E-state index contributed by atoms with van der Waals surface area (Å²) in [5, 5.41) is 0. The zero-order valence-electron chi connectivity index (χ0n) is 8.88.